The topological polar surface area (TPSA) is 29.1 Å². The van der Waals surface area contributed by atoms with Crippen molar-refractivity contribution in [3.05, 3.63) is 21.4 Å². The van der Waals surface area contributed by atoms with E-state index < -0.39 is 18.0 Å². The normalized spacial score (nSPS) is 15.4. The molecule has 0 aliphatic heterocycles. The second-order valence-electron chi connectivity index (χ2n) is 4.27. The Bertz CT molecular complexity index is 472. The Balaban J connectivity index is 1.97. The highest BCUT2D eigenvalue weighted by Gasteiger charge is 2.63. The number of thiophene rings is 1. The zero-order valence-corrected chi connectivity index (χ0v) is 10.4. The summed E-state index contributed by atoms with van der Waals surface area (Å²) in [6.07, 6.45) is -3.06. The van der Waals surface area contributed by atoms with Crippen LogP contribution in [0.2, 0.25) is 0 Å². The predicted molar refractivity (Wildman–Crippen MR) is 59.2 cm³/mol. The number of rotatable bonds is 3. The van der Waals surface area contributed by atoms with Gasteiger partial charge >= 0.3 is 18.0 Å². The van der Waals surface area contributed by atoms with Gasteiger partial charge in [-0.3, -0.25) is 4.79 Å². The van der Waals surface area contributed by atoms with Crippen LogP contribution in [0.5, 0.6) is 0 Å². The van der Waals surface area contributed by atoms with Crippen LogP contribution in [0.4, 0.5) is 22.0 Å². The summed E-state index contributed by atoms with van der Waals surface area (Å²) in [6.45, 7) is -0.303. The molecule has 8 heteroatoms. The molecular weight excluding hydrogens is 289 g/mol. The molecule has 0 atom stereocenters. The first-order chi connectivity index (χ1) is 8.72. The van der Waals surface area contributed by atoms with Crippen LogP contribution in [-0.4, -0.2) is 18.0 Å². The standard InChI is InChI=1S/C11H10F5NOS/c12-10(13,11(14,15)16)9(18)17-5-7-4-6-2-1-3-8(6)19-7/h4H,1-3,5H2,(H,17,18). The summed E-state index contributed by atoms with van der Waals surface area (Å²) in [4.78, 5) is 12.6. The Hall–Kier alpha value is -1.18. The third-order valence-electron chi connectivity index (χ3n) is 2.86. The molecule has 0 radical (unpaired) electrons. The van der Waals surface area contributed by atoms with Crippen molar-refractivity contribution < 1.29 is 26.7 Å². The number of alkyl halides is 5. The zero-order chi connectivity index (χ0) is 14.3. The van der Waals surface area contributed by atoms with Crippen LogP contribution >= 0.6 is 11.3 Å². The maximum Gasteiger partial charge on any atom is 0.463 e. The van der Waals surface area contributed by atoms with E-state index in [9.17, 15) is 26.7 Å². The number of hydrogen-bond donors (Lipinski definition) is 1. The van der Waals surface area contributed by atoms with E-state index in [0.29, 0.717) is 4.88 Å². The third-order valence-corrected chi connectivity index (χ3v) is 4.10. The Morgan fingerprint density at radius 3 is 2.53 bits per heavy atom. The van der Waals surface area contributed by atoms with Crippen LogP contribution in [0.3, 0.4) is 0 Å². The van der Waals surface area contributed by atoms with E-state index in [1.807, 2.05) is 0 Å². The number of aryl methyl sites for hydroxylation is 2. The van der Waals surface area contributed by atoms with Gasteiger partial charge in [0.15, 0.2) is 0 Å². The van der Waals surface area contributed by atoms with Gasteiger partial charge in [-0.1, -0.05) is 0 Å². The van der Waals surface area contributed by atoms with Crippen LogP contribution in [0.1, 0.15) is 21.7 Å². The lowest BCUT2D eigenvalue weighted by atomic mass is 10.2. The first-order valence-corrected chi connectivity index (χ1v) is 6.37. The van der Waals surface area contributed by atoms with Crippen molar-refractivity contribution >= 4 is 17.2 Å². The van der Waals surface area contributed by atoms with Gasteiger partial charge in [0.1, 0.15) is 0 Å². The van der Waals surface area contributed by atoms with Crippen molar-refractivity contribution in [2.24, 2.45) is 0 Å². The van der Waals surface area contributed by atoms with Crippen LogP contribution in [0.25, 0.3) is 0 Å². The van der Waals surface area contributed by atoms with Crippen LogP contribution in [-0.2, 0) is 24.2 Å². The van der Waals surface area contributed by atoms with E-state index in [1.54, 1.807) is 11.4 Å². The first-order valence-electron chi connectivity index (χ1n) is 5.55. The second-order valence-corrected chi connectivity index (χ2v) is 5.49. The molecule has 2 nitrogen and oxygen atoms in total. The molecule has 106 valence electrons. The molecule has 0 spiro atoms. The molecule has 0 fully saturated rings. The first kappa shape index (κ1) is 14.2. The zero-order valence-electron chi connectivity index (χ0n) is 9.61. The molecule has 0 saturated heterocycles. The Kier molecular flexibility index (Phi) is 3.55. The molecule has 1 N–H and O–H groups in total. The largest absolute Gasteiger partial charge is 0.463 e. The Labute approximate surface area is 109 Å². The van der Waals surface area contributed by atoms with Gasteiger partial charge in [0, 0.05) is 9.75 Å². The monoisotopic (exact) mass is 299 g/mol. The summed E-state index contributed by atoms with van der Waals surface area (Å²) in [5, 5.41) is 1.64. The fourth-order valence-electron chi connectivity index (χ4n) is 1.88. The van der Waals surface area contributed by atoms with Gasteiger partial charge in [0.05, 0.1) is 6.54 Å². The van der Waals surface area contributed by atoms with E-state index in [1.165, 1.54) is 11.3 Å². The van der Waals surface area contributed by atoms with Gasteiger partial charge < -0.3 is 5.32 Å². The lowest BCUT2D eigenvalue weighted by molar-refractivity contribution is -0.269. The van der Waals surface area contributed by atoms with Crippen molar-refractivity contribution in [3.8, 4) is 0 Å². The van der Waals surface area contributed by atoms with Gasteiger partial charge in [-0.25, -0.2) is 0 Å². The van der Waals surface area contributed by atoms with E-state index in [4.69, 9.17) is 0 Å². The van der Waals surface area contributed by atoms with Crippen LogP contribution < -0.4 is 5.32 Å². The van der Waals surface area contributed by atoms with Crippen LogP contribution in [0, 0.1) is 0 Å². The van der Waals surface area contributed by atoms with Gasteiger partial charge in [-0.05, 0) is 30.9 Å². The van der Waals surface area contributed by atoms with Crippen LogP contribution in [0.15, 0.2) is 6.07 Å². The summed E-state index contributed by atoms with van der Waals surface area (Å²) in [7, 11) is 0. The molecule has 0 bridgehead atoms. The molecule has 1 amide bonds. The SMILES string of the molecule is O=C(NCc1cc2c(s1)CCC2)C(F)(F)C(F)(F)F. The molecule has 0 aromatic carbocycles. The fraction of sp³-hybridized carbons (Fsp3) is 0.545. The third kappa shape index (κ3) is 2.72. The van der Waals surface area contributed by atoms with Gasteiger partial charge in [0.25, 0.3) is 0 Å². The van der Waals surface area contributed by atoms with Crippen molar-refractivity contribution in [2.45, 2.75) is 37.9 Å². The maximum atomic E-state index is 12.7. The second kappa shape index (κ2) is 4.73. The fourth-order valence-corrected chi connectivity index (χ4v) is 3.09. The van der Waals surface area contributed by atoms with Gasteiger partial charge in [-0.15, -0.1) is 11.3 Å². The minimum atomic E-state index is -5.87. The molecule has 1 aromatic rings. The van der Waals surface area contributed by atoms with Gasteiger partial charge in [-0.2, -0.15) is 22.0 Å². The van der Waals surface area contributed by atoms with Crippen molar-refractivity contribution in [2.75, 3.05) is 0 Å². The Morgan fingerprint density at radius 2 is 1.95 bits per heavy atom. The number of amides is 1. The van der Waals surface area contributed by atoms with Gasteiger partial charge in [0.2, 0.25) is 0 Å². The lowest BCUT2D eigenvalue weighted by Crippen LogP contribution is -2.50. The molecular formula is C11H10F5NOS. The molecule has 19 heavy (non-hydrogen) atoms. The predicted octanol–water partition coefficient (Wildman–Crippen LogP) is 3.05. The van der Waals surface area contributed by atoms with E-state index in [2.05, 4.69) is 0 Å². The Morgan fingerprint density at radius 1 is 1.26 bits per heavy atom. The molecule has 2 rings (SSSR count). The summed E-state index contributed by atoms with van der Waals surface area (Å²) in [5.41, 5.74) is 1.09. The summed E-state index contributed by atoms with van der Waals surface area (Å²) < 4.78 is 61.1. The maximum absolute atomic E-state index is 12.7. The number of halogens is 5. The molecule has 1 heterocycles. The lowest BCUT2D eigenvalue weighted by Gasteiger charge is -2.18. The number of nitrogens with one attached hydrogen (secondary N) is 1. The quantitative estimate of drug-likeness (QED) is 0.854. The molecule has 1 aromatic heterocycles. The molecule has 1 aliphatic carbocycles. The summed E-state index contributed by atoms with van der Waals surface area (Å²) in [5.74, 6) is -7.67. The highest BCUT2D eigenvalue weighted by atomic mass is 32.1. The average Bonchev–Trinajstić information content (AvgIpc) is 2.83. The van der Waals surface area contributed by atoms with E-state index >= 15 is 0 Å². The highest BCUT2D eigenvalue weighted by Crippen LogP contribution is 2.36. The average molecular weight is 299 g/mol. The molecule has 0 saturated carbocycles. The number of fused-ring (bicyclic) bond motifs is 1. The molecule has 1 aliphatic rings. The number of hydrogen-bond acceptors (Lipinski definition) is 2. The van der Waals surface area contributed by atoms with E-state index in [-0.39, 0.29) is 6.54 Å². The van der Waals surface area contributed by atoms with E-state index in [0.717, 1.165) is 29.7 Å². The highest BCUT2D eigenvalue weighted by molar-refractivity contribution is 7.12. The van der Waals surface area contributed by atoms with Crippen molar-refractivity contribution in [1.29, 1.82) is 0 Å². The molecule has 0 unspecified atom stereocenters. The number of carbonyl (C=O) groups is 1. The summed E-state index contributed by atoms with van der Waals surface area (Å²) in [6, 6.07) is 1.75. The smallest absolute Gasteiger partial charge is 0.346 e. The number of carbonyl (C=O) groups excluding carboxylic acids is 1. The van der Waals surface area contributed by atoms with Crippen molar-refractivity contribution in [3.63, 3.8) is 0 Å². The minimum absolute atomic E-state index is 0.303. The minimum Gasteiger partial charge on any atom is -0.346 e. The van der Waals surface area contributed by atoms with Crippen molar-refractivity contribution in [1.82, 2.24) is 5.32 Å². The summed E-state index contributed by atoms with van der Waals surface area (Å²) >= 11 is 1.34.